The maximum absolute atomic E-state index is 11.3. The topological polar surface area (TPSA) is 56.3 Å². The summed E-state index contributed by atoms with van der Waals surface area (Å²) in [6.45, 7) is 2.18. The second kappa shape index (κ2) is 5.09. The van der Waals surface area contributed by atoms with Crippen molar-refractivity contribution in [1.82, 2.24) is 0 Å². The Morgan fingerprint density at radius 2 is 2.04 bits per heavy atom. The third-order valence-electron chi connectivity index (χ3n) is 4.42. The Labute approximate surface area is 133 Å². The largest absolute Gasteiger partial charge is 0.456 e. The molecule has 0 aliphatic heterocycles. The van der Waals surface area contributed by atoms with Crippen molar-refractivity contribution < 1.29 is 9.34 Å². The molecule has 1 unspecified atom stereocenters. The molecule has 0 saturated heterocycles. The van der Waals surface area contributed by atoms with Gasteiger partial charge in [-0.1, -0.05) is 31.2 Å². The molecule has 0 bridgehead atoms. The molecule has 1 heterocycles. The lowest BCUT2D eigenvalue weighted by Gasteiger charge is -2.12. The lowest BCUT2D eigenvalue weighted by molar-refractivity contribution is -0.384. The van der Waals surface area contributed by atoms with E-state index in [0.717, 1.165) is 28.7 Å². The molecule has 0 spiro atoms. The van der Waals surface area contributed by atoms with Crippen LogP contribution in [0.2, 0.25) is 0 Å². The zero-order chi connectivity index (χ0) is 16.0. The monoisotopic (exact) mass is 305 g/mol. The zero-order valence-corrected chi connectivity index (χ0v) is 12.7. The molecule has 0 N–H and O–H groups in total. The standard InChI is InChI=1S/C19H15NO3/c1-12-5-4-8-18-19(12)15-11-13(9-10-17(15)23-18)14-6-2-3-7-16(14)20(21)22/h2-4,6-12H,5H2,1H3. The normalized spacial score (nSPS) is 16.5. The number of hydrogen-bond donors (Lipinski definition) is 0. The third kappa shape index (κ3) is 2.14. The van der Waals surface area contributed by atoms with Gasteiger partial charge in [0.2, 0.25) is 0 Å². The highest BCUT2D eigenvalue weighted by molar-refractivity contribution is 5.91. The first-order valence-electron chi connectivity index (χ1n) is 7.62. The van der Waals surface area contributed by atoms with E-state index in [1.54, 1.807) is 12.1 Å². The summed E-state index contributed by atoms with van der Waals surface area (Å²) in [5.74, 6) is 1.29. The van der Waals surface area contributed by atoms with Gasteiger partial charge in [-0.05, 0) is 42.2 Å². The van der Waals surface area contributed by atoms with Gasteiger partial charge in [0.05, 0.1) is 10.5 Å². The van der Waals surface area contributed by atoms with Gasteiger partial charge in [-0.3, -0.25) is 10.1 Å². The molecule has 1 aliphatic carbocycles. The number of benzene rings is 2. The van der Waals surface area contributed by atoms with Crippen molar-refractivity contribution in [2.45, 2.75) is 19.3 Å². The number of allylic oxidation sites excluding steroid dienone is 1. The SMILES string of the molecule is CC1CC=Cc2oc3ccc(-c4ccccc4[N+](=O)[O-])cc3c21. The van der Waals surface area contributed by atoms with E-state index in [1.807, 2.05) is 30.3 Å². The predicted octanol–water partition coefficient (Wildman–Crippen LogP) is 5.53. The Morgan fingerprint density at radius 3 is 2.87 bits per heavy atom. The van der Waals surface area contributed by atoms with Crippen LogP contribution in [-0.4, -0.2) is 4.92 Å². The lowest BCUT2D eigenvalue weighted by Crippen LogP contribution is -1.96. The summed E-state index contributed by atoms with van der Waals surface area (Å²) in [7, 11) is 0. The number of furan rings is 1. The van der Waals surface area contributed by atoms with Gasteiger partial charge < -0.3 is 4.42 Å². The molecule has 0 saturated carbocycles. The number of rotatable bonds is 2. The molecule has 0 amide bonds. The van der Waals surface area contributed by atoms with Crippen LogP contribution >= 0.6 is 0 Å². The Kier molecular flexibility index (Phi) is 3.05. The van der Waals surface area contributed by atoms with Crippen molar-refractivity contribution in [2.24, 2.45) is 0 Å². The van der Waals surface area contributed by atoms with Crippen LogP contribution < -0.4 is 0 Å². The lowest BCUT2D eigenvalue weighted by atomic mass is 9.90. The number of nitrogens with zero attached hydrogens (tertiary/aromatic N) is 1. The first kappa shape index (κ1) is 13.8. The molecule has 1 aromatic heterocycles. The summed E-state index contributed by atoms with van der Waals surface area (Å²) < 4.78 is 5.91. The molecule has 3 aromatic rings. The van der Waals surface area contributed by atoms with Gasteiger partial charge in [-0.2, -0.15) is 0 Å². The fraction of sp³-hybridized carbons (Fsp3) is 0.158. The molecule has 114 valence electrons. The number of para-hydroxylation sites is 1. The van der Waals surface area contributed by atoms with Crippen molar-refractivity contribution in [3.63, 3.8) is 0 Å². The smallest absolute Gasteiger partial charge is 0.277 e. The van der Waals surface area contributed by atoms with Crippen molar-refractivity contribution >= 4 is 22.7 Å². The van der Waals surface area contributed by atoms with Crippen LogP contribution in [0.5, 0.6) is 0 Å². The van der Waals surface area contributed by atoms with Crippen LogP contribution in [0.25, 0.3) is 28.2 Å². The molecule has 4 nitrogen and oxygen atoms in total. The minimum atomic E-state index is -0.338. The summed E-state index contributed by atoms with van der Waals surface area (Å²) in [5, 5.41) is 12.3. The minimum absolute atomic E-state index is 0.122. The Morgan fingerprint density at radius 1 is 1.22 bits per heavy atom. The second-order valence-corrected chi connectivity index (χ2v) is 5.90. The molecule has 0 fully saturated rings. The average Bonchev–Trinajstić information content (AvgIpc) is 2.93. The van der Waals surface area contributed by atoms with Crippen LogP contribution in [-0.2, 0) is 0 Å². The van der Waals surface area contributed by atoms with E-state index in [-0.39, 0.29) is 10.6 Å². The number of nitro groups is 1. The van der Waals surface area contributed by atoms with Crippen LogP contribution in [0.3, 0.4) is 0 Å². The minimum Gasteiger partial charge on any atom is -0.456 e. The van der Waals surface area contributed by atoms with E-state index in [4.69, 9.17) is 4.42 Å². The maximum Gasteiger partial charge on any atom is 0.277 e. The molecule has 23 heavy (non-hydrogen) atoms. The molecule has 2 aromatic carbocycles. The highest BCUT2D eigenvalue weighted by atomic mass is 16.6. The zero-order valence-electron chi connectivity index (χ0n) is 12.7. The number of hydrogen-bond acceptors (Lipinski definition) is 3. The quantitative estimate of drug-likeness (QED) is 0.462. The molecular weight excluding hydrogens is 290 g/mol. The van der Waals surface area contributed by atoms with E-state index in [9.17, 15) is 10.1 Å². The van der Waals surface area contributed by atoms with Crippen molar-refractivity contribution in [3.8, 4) is 11.1 Å². The van der Waals surface area contributed by atoms with Crippen molar-refractivity contribution in [2.75, 3.05) is 0 Å². The predicted molar refractivity (Wildman–Crippen MR) is 90.4 cm³/mol. The van der Waals surface area contributed by atoms with Gasteiger partial charge in [-0.25, -0.2) is 0 Å². The highest BCUT2D eigenvalue weighted by Crippen LogP contribution is 2.40. The van der Waals surface area contributed by atoms with Crippen molar-refractivity contribution in [1.29, 1.82) is 0 Å². The van der Waals surface area contributed by atoms with Gasteiger partial charge in [-0.15, -0.1) is 0 Å². The molecule has 0 radical (unpaired) electrons. The van der Waals surface area contributed by atoms with E-state index in [1.165, 1.54) is 11.6 Å². The first-order valence-corrected chi connectivity index (χ1v) is 7.62. The van der Waals surface area contributed by atoms with Gasteiger partial charge in [0.15, 0.2) is 0 Å². The summed E-state index contributed by atoms with van der Waals surface area (Å²) in [6.07, 6.45) is 5.12. The number of nitro benzene ring substituents is 1. The van der Waals surface area contributed by atoms with E-state index in [2.05, 4.69) is 13.0 Å². The molecule has 4 rings (SSSR count). The average molecular weight is 305 g/mol. The van der Waals surface area contributed by atoms with E-state index < -0.39 is 0 Å². The molecule has 4 heteroatoms. The summed E-state index contributed by atoms with van der Waals surface area (Å²) in [4.78, 5) is 10.9. The fourth-order valence-electron chi connectivity index (χ4n) is 3.31. The van der Waals surface area contributed by atoms with Crippen LogP contribution in [0.4, 0.5) is 5.69 Å². The third-order valence-corrected chi connectivity index (χ3v) is 4.42. The van der Waals surface area contributed by atoms with Gasteiger partial charge in [0, 0.05) is 17.0 Å². The Balaban J connectivity index is 1.95. The summed E-state index contributed by atoms with van der Waals surface area (Å²) >= 11 is 0. The molecule has 1 atom stereocenters. The van der Waals surface area contributed by atoms with E-state index >= 15 is 0 Å². The van der Waals surface area contributed by atoms with E-state index in [0.29, 0.717) is 11.5 Å². The van der Waals surface area contributed by atoms with Gasteiger partial charge in [0.1, 0.15) is 11.3 Å². The number of fused-ring (bicyclic) bond motifs is 3. The van der Waals surface area contributed by atoms with Gasteiger partial charge >= 0.3 is 0 Å². The summed E-state index contributed by atoms with van der Waals surface area (Å²) in [6, 6.07) is 12.6. The second-order valence-electron chi connectivity index (χ2n) is 5.90. The molecule has 1 aliphatic rings. The maximum atomic E-state index is 11.3. The van der Waals surface area contributed by atoms with Gasteiger partial charge in [0.25, 0.3) is 5.69 Å². The van der Waals surface area contributed by atoms with Crippen LogP contribution in [0.15, 0.2) is 53.0 Å². The summed E-state index contributed by atoms with van der Waals surface area (Å²) in [5.41, 5.74) is 3.62. The Bertz CT molecular complexity index is 952. The Hall–Kier alpha value is -2.88. The fourth-order valence-corrected chi connectivity index (χ4v) is 3.31. The van der Waals surface area contributed by atoms with Crippen LogP contribution in [0, 0.1) is 10.1 Å². The molecular formula is C19H15NO3. The van der Waals surface area contributed by atoms with Crippen molar-refractivity contribution in [3.05, 3.63) is 70.0 Å². The van der Waals surface area contributed by atoms with Crippen LogP contribution in [0.1, 0.15) is 30.6 Å². The highest BCUT2D eigenvalue weighted by Gasteiger charge is 2.22. The first-order chi connectivity index (χ1) is 11.1.